The molecule has 0 spiro atoms. The number of azide groups is 1. The Kier molecular flexibility index (Phi) is 4.91. The Morgan fingerprint density at radius 2 is 1.47 bits per heavy atom. The van der Waals surface area contributed by atoms with E-state index in [1.807, 2.05) is 0 Å². The molecule has 0 radical (unpaired) electrons. The van der Waals surface area contributed by atoms with Gasteiger partial charge in [-0.15, -0.1) is 5.03 Å². The summed E-state index contributed by atoms with van der Waals surface area (Å²) in [6, 6.07) is 0. The van der Waals surface area contributed by atoms with E-state index in [0.29, 0.717) is 0 Å². The number of rotatable bonds is 3. The standard InChI is InChI=1S/C11H27BN4Si/c1-10(2,3)12(14-15-13)16(11(4,5)6)17(7,8)9/h1-9H3. The zero-order valence-corrected chi connectivity index (χ0v) is 13.9. The van der Waals surface area contributed by atoms with Gasteiger partial charge in [0.1, 0.15) is 8.24 Å². The average Bonchev–Trinajstić information content (AvgIpc) is 1.96. The van der Waals surface area contributed by atoms with Crippen molar-refractivity contribution < 1.29 is 0 Å². The molecule has 0 saturated heterocycles. The van der Waals surface area contributed by atoms with Gasteiger partial charge in [0.2, 0.25) is 0 Å². The van der Waals surface area contributed by atoms with Crippen LogP contribution in [-0.4, -0.2) is 25.2 Å². The van der Waals surface area contributed by atoms with Crippen LogP contribution in [0, 0.1) is 0 Å². The van der Waals surface area contributed by atoms with Gasteiger partial charge < -0.3 is 4.48 Å². The third-order valence-corrected chi connectivity index (χ3v) is 4.99. The van der Waals surface area contributed by atoms with Crippen LogP contribution in [0.5, 0.6) is 0 Å². The fraction of sp³-hybridized carbons (Fsp3) is 1.00. The quantitative estimate of drug-likeness (QED) is 0.316. The summed E-state index contributed by atoms with van der Waals surface area (Å²) in [7, 11) is -1.56. The van der Waals surface area contributed by atoms with E-state index in [1.165, 1.54) is 0 Å². The fourth-order valence-corrected chi connectivity index (χ4v) is 5.59. The molecule has 0 aromatic rings. The molecule has 0 N–H and O–H groups in total. The van der Waals surface area contributed by atoms with E-state index in [0.717, 1.165) is 0 Å². The molecule has 6 heteroatoms. The minimum absolute atomic E-state index is 0.0105. The molecule has 0 rings (SSSR count). The third kappa shape index (κ3) is 4.74. The van der Waals surface area contributed by atoms with Gasteiger partial charge in [-0.2, -0.15) is 0 Å². The molecular weight excluding hydrogens is 227 g/mol. The Balaban J connectivity index is 5.65. The molecule has 0 aromatic heterocycles. The summed E-state index contributed by atoms with van der Waals surface area (Å²) in [6.07, 6.45) is 0. The molecule has 17 heavy (non-hydrogen) atoms. The van der Waals surface area contributed by atoms with Gasteiger partial charge in [0.15, 0.2) is 0 Å². The smallest absolute Gasteiger partial charge is 0.322 e. The second-order valence-electron chi connectivity index (χ2n) is 7.66. The maximum Gasteiger partial charge on any atom is 0.322 e. The zero-order valence-electron chi connectivity index (χ0n) is 12.9. The van der Waals surface area contributed by atoms with E-state index >= 15 is 0 Å². The second kappa shape index (κ2) is 5.04. The molecule has 0 heterocycles. The normalized spacial score (nSPS) is 13.5. The third-order valence-electron chi connectivity index (χ3n) is 2.63. The van der Waals surface area contributed by atoms with Crippen molar-refractivity contribution >= 4 is 15.2 Å². The molecule has 4 nitrogen and oxygen atoms in total. The van der Waals surface area contributed by atoms with Gasteiger partial charge in [-0.05, 0) is 42.1 Å². The molecule has 0 atom stereocenters. The Labute approximate surface area is 108 Å². The van der Waals surface area contributed by atoms with Crippen LogP contribution in [0.4, 0.5) is 0 Å². The van der Waals surface area contributed by atoms with Gasteiger partial charge in [-0.25, -0.2) is 0 Å². The molecule has 0 aromatic carbocycles. The van der Waals surface area contributed by atoms with E-state index < -0.39 is 8.24 Å². The number of nitrogens with zero attached hydrogens (tertiary/aromatic N) is 4. The fourth-order valence-electron chi connectivity index (χ4n) is 2.40. The van der Waals surface area contributed by atoms with Gasteiger partial charge in [-0.1, -0.05) is 40.4 Å². The van der Waals surface area contributed by atoms with Crippen molar-refractivity contribution in [1.82, 2.24) is 4.48 Å². The molecule has 0 fully saturated rings. The molecule has 98 valence electrons. The van der Waals surface area contributed by atoms with Crippen LogP contribution >= 0.6 is 0 Å². The highest BCUT2D eigenvalue weighted by Gasteiger charge is 2.45. The monoisotopic (exact) mass is 254 g/mol. The Hall–Kier alpha value is -0.448. The van der Waals surface area contributed by atoms with Gasteiger partial charge in [0, 0.05) is 0 Å². The summed E-state index contributed by atoms with van der Waals surface area (Å²) >= 11 is 0. The second-order valence-corrected chi connectivity index (χ2v) is 12.5. The minimum atomic E-state index is -1.56. The lowest BCUT2D eigenvalue weighted by Gasteiger charge is -2.50. The van der Waals surface area contributed by atoms with Crippen molar-refractivity contribution in [3.63, 3.8) is 0 Å². The van der Waals surface area contributed by atoms with Crippen LogP contribution in [-0.2, 0) is 0 Å². The average molecular weight is 254 g/mol. The van der Waals surface area contributed by atoms with E-state index in [-0.39, 0.29) is 17.8 Å². The van der Waals surface area contributed by atoms with Crippen LogP contribution in [0.25, 0.3) is 10.4 Å². The summed E-state index contributed by atoms with van der Waals surface area (Å²) in [4.78, 5) is 3.06. The highest BCUT2D eigenvalue weighted by molar-refractivity contribution is 6.83. The summed E-state index contributed by atoms with van der Waals surface area (Å²) in [5.74, 6) is 0. The molecule has 0 saturated carbocycles. The van der Waals surface area contributed by atoms with Gasteiger partial charge in [-0.3, -0.25) is 0 Å². The van der Waals surface area contributed by atoms with Crippen molar-refractivity contribution in [2.24, 2.45) is 5.03 Å². The van der Waals surface area contributed by atoms with Gasteiger partial charge >= 0.3 is 6.98 Å². The molecule has 0 aliphatic heterocycles. The first-order valence-corrected chi connectivity index (χ1v) is 9.60. The van der Waals surface area contributed by atoms with Crippen molar-refractivity contribution in [2.75, 3.05) is 0 Å². The van der Waals surface area contributed by atoms with Crippen molar-refractivity contribution in [2.45, 2.75) is 72.0 Å². The van der Waals surface area contributed by atoms with Crippen LogP contribution in [0.3, 0.4) is 0 Å². The van der Waals surface area contributed by atoms with E-state index in [4.69, 9.17) is 5.53 Å². The first-order chi connectivity index (χ1) is 7.31. The van der Waals surface area contributed by atoms with Gasteiger partial charge in [0.25, 0.3) is 0 Å². The molecule has 0 bridgehead atoms. The number of hydrogen-bond donors (Lipinski definition) is 0. The summed E-state index contributed by atoms with van der Waals surface area (Å²) in [6.45, 7) is 19.8. The summed E-state index contributed by atoms with van der Waals surface area (Å²) in [5.41, 5.74) is 8.84. The first kappa shape index (κ1) is 16.6. The SMILES string of the molecule is CC(C)(C)B(N=[N+]=[N-])N(C(C)(C)C)[Si](C)(C)C. The Morgan fingerprint density at radius 1 is 1.06 bits per heavy atom. The maximum atomic E-state index is 8.83. The minimum Gasteiger partial charge on any atom is -0.356 e. The lowest BCUT2D eigenvalue weighted by atomic mass is 9.53. The van der Waals surface area contributed by atoms with Crippen LogP contribution in [0.2, 0.25) is 25.0 Å². The molecule has 0 amide bonds. The highest BCUT2D eigenvalue weighted by atomic mass is 28.3. The highest BCUT2D eigenvalue weighted by Crippen LogP contribution is 2.36. The first-order valence-electron chi connectivity index (χ1n) is 6.15. The van der Waals surface area contributed by atoms with E-state index in [1.54, 1.807) is 0 Å². The number of hydrogen-bond acceptors (Lipinski definition) is 2. The topological polar surface area (TPSA) is 52.0 Å². The predicted octanol–water partition coefficient (Wildman–Crippen LogP) is 4.52. The zero-order chi connectivity index (χ0) is 14.1. The summed E-state index contributed by atoms with van der Waals surface area (Å²) in [5, 5.41) is 4.01. The van der Waals surface area contributed by atoms with E-state index in [2.05, 4.69) is 75.6 Å². The molecular formula is C11H27BN4Si. The van der Waals surface area contributed by atoms with Crippen LogP contribution in [0.1, 0.15) is 41.5 Å². The molecule has 0 aliphatic rings. The van der Waals surface area contributed by atoms with Crippen molar-refractivity contribution in [1.29, 1.82) is 0 Å². The summed E-state index contributed by atoms with van der Waals surface area (Å²) < 4.78 is 2.43. The Bertz CT molecular complexity index is 291. The van der Waals surface area contributed by atoms with Crippen molar-refractivity contribution in [3.8, 4) is 0 Å². The van der Waals surface area contributed by atoms with Crippen LogP contribution in [0.15, 0.2) is 5.03 Å². The van der Waals surface area contributed by atoms with Crippen molar-refractivity contribution in [3.05, 3.63) is 10.4 Å². The largest absolute Gasteiger partial charge is 0.356 e. The predicted molar refractivity (Wildman–Crippen MR) is 79.6 cm³/mol. The molecule has 0 unspecified atom stereocenters. The maximum absolute atomic E-state index is 8.83. The lowest BCUT2D eigenvalue weighted by Crippen LogP contribution is -2.64. The molecule has 0 aliphatic carbocycles. The Morgan fingerprint density at radius 3 is 1.65 bits per heavy atom. The van der Waals surface area contributed by atoms with E-state index in [9.17, 15) is 0 Å². The van der Waals surface area contributed by atoms with Gasteiger partial charge in [0.05, 0.1) is 0 Å². The van der Waals surface area contributed by atoms with Crippen LogP contribution < -0.4 is 0 Å². The lowest BCUT2D eigenvalue weighted by molar-refractivity contribution is 0.342.